The molecule has 1 aliphatic rings. The quantitative estimate of drug-likeness (QED) is 0.586. The number of aryl methyl sites for hydroxylation is 1. The summed E-state index contributed by atoms with van der Waals surface area (Å²) < 4.78 is 9.83. The minimum atomic E-state index is -0.602. The number of hydrogen-bond acceptors (Lipinski definition) is 7. The second-order valence-corrected chi connectivity index (χ2v) is 7.84. The molecule has 142 valence electrons. The van der Waals surface area contributed by atoms with E-state index in [-0.39, 0.29) is 0 Å². The number of thiophene rings is 2. The van der Waals surface area contributed by atoms with Crippen LogP contribution in [-0.2, 0) is 31.9 Å². The summed E-state index contributed by atoms with van der Waals surface area (Å²) in [6, 6.07) is 1.87. The largest absolute Gasteiger partial charge is 0.465 e. The summed E-state index contributed by atoms with van der Waals surface area (Å²) in [6.45, 7) is -0.421. The molecule has 27 heavy (non-hydrogen) atoms. The van der Waals surface area contributed by atoms with Crippen LogP contribution in [0.2, 0.25) is 0 Å². The first kappa shape index (κ1) is 19.3. The molecule has 0 fully saturated rings. The third kappa shape index (κ3) is 4.84. The summed E-state index contributed by atoms with van der Waals surface area (Å²) in [6.07, 6.45) is 6.67. The van der Waals surface area contributed by atoms with Gasteiger partial charge in [-0.05, 0) is 59.7 Å². The van der Waals surface area contributed by atoms with Gasteiger partial charge >= 0.3 is 11.9 Å². The molecule has 0 unspecified atom stereocenters. The van der Waals surface area contributed by atoms with Crippen molar-refractivity contribution in [2.75, 3.05) is 19.0 Å². The first-order chi connectivity index (χ1) is 13.1. The van der Waals surface area contributed by atoms with E-state index in [1.54, 1.807) is 6.08 Å². The van der Waals surface area contributed by atoms with Crippen LogP contribution in [-0.4, -0.2) is 31.6 Å². The Balaban J connectivity index is 1.61. The molecule has 8 heteroatoms. The Labute approximate surface area is 164 Å². The number of nitrogens with one attached hydrogen (secondary N) is 1. The number of rotatable bonds is 6. The average Bonchev–Trinajstić information content (AvgIpc) is 3.31. The number of fused-ring (bicyclic) bond motifs is 1. The van der Waals surface area contributed by atoms with Crippen molar-refractivity contribution in [1.82, 2.24) is 0 Å². The van der Waals surface area contributed by atoms with Crippen molar-refractivity contribution in [3.63, 3.8) is 0 Å². The SMILES string of the molecule is COC(=O)c1c(NC(=O)COC(=O)/C=C/c2ccsc2)sc2c1CCCC2. The van der Waals surface area contributed by atoms with E-state index in [2.05, 4.69) is 5.32 Å². The number of esters is 2. The number of amides is 1. The molecule has 1 N–H and O–H groups in total. The van der Waals surface area contributed by atoms with Crippen molar-refractivity contribution in [3.8, 4) is 0 Å². The molecule has 2 aromatic rings. The van der Waals surface area contributed by atoms with E-state index < -0.39 is 24.5 Å². The summed E-state index contributed by atoms with van der Waals surface area (Å²) >= 11 is 2.91. The van der Waals surface area contributed by atoms with Crippen molar-refractivity contribution in [1.29, 1.82) is 0 Å². The van der Waals surface area contributed by atoms with E-state index in [1.807, 2.05) is 16.8 Å². The molecule has 0 saturated heterocycles. The van der Waals surface area contributed by atoms with E-state index in [9.17, 15) is 14.4 Å². The van der Waals surface area contributed by atoms with Crippen LogP contribution in [0.1, 0.15) is 39.2 Å². The second-order valence-electron chi connectivity index (χ2n) is 5.95. The molecule has 1 amide bonds. The third-order valence-electron chi connectivity index (χ3n) is 4.11. The summed E-state index contributed by atoms with van der Waals surface area (Å²) in [7, 11) is 1.32. The van der Waals surface area contributed by atoms with Gasteiger partial charge in [-0.25, -0.2) is 9.59 Å². The highest BCUT2D eigenvalue weighted by Gasteiger charge is 2.27. The fourth-order valence-corrected chi connectivity index (χ4v) is 4.78. The highest BCUT2D eigenvalue weighted by molar-refractivity contribution is 7.17. The maximum atomic E-state index is 12.2. The minimum Gasteiger partial charge on any atom is -0.465 e. The maximum absolute atomic E-state index is 12.2. The van der Waals surface area contributed by atoms with Crippen LogP contribution in [0.3, 0.4) is 0 Å². The molecule has 2 heterocycles. The fraction of sp³-hybridized carbons (Fsp3) is 0.316. The summed E-state index contributed by atoms with van der Waals surface area (Å²) in [5.74, 6) is -1.55. The van der Waals surface area contributed by atoms with Crippen LogP contribution in [0.15, 0.2) is 22.9 Å². The van der Waals surface area contributed by atoms with Crippen LogP contribution in [0.4, 0.5) is 5.00 Å². The van der Waals surface area contributed by atoms with E-state index in [1.165, 1.54) is 35.9 Å². The van der Waals surface area contributed by atoms with Crippen LogP contribution < -0.4 is 5.32 Å². The van der Waals surface area contributed by atoms with E-state index in [4.69, 9.17) is 9.47 Å². The standard InChI is InChI=1S/C19H19NO5S2/c1-24-19(23)17-13-4-2-3-5-14(13)27-18(17)20-15(21)10-25-16(22)7-6-12-8-9-26-11-12/h6-9,11H,2-5,10H2,1H3,(H,20,21)/b7-6+. The lowest BCUT2D eigenvalue weighted by Gasteiger charge is -2.11. The smallest absolute Gasteiger partial charge is 0.341 e. The van der Waals surface area contributed by atoms with Gasteiger partial charge in [-0.1, -0.05) is 0 Å². The topological polar surface area (TPSA) is 81.7 Å². The maximum Gasteiger partial charge on any atom is 0.341 e. The van der Waals surface area contributed by atoms with Gasteiger partial charge in [0.1, 0.15) is 5.00 Å². The summed E-state index contributed by atoms with van der Waals surface area (Å²) in [5, 5.41) is 6.94. The van der Waals surface area contributed by atoms with E-state index >= 15 is 0 Å². The molecule has 0 atom stereocenters. The Morgan fingerprint density at radius 1 is 1.26 bits per heavy atom. The lowest BCUT2D eigenvalue weighted by molar-refractivity contribution is -0.142. The van der Waals surface area contributed by atoms with Gasteiger partial charge in [-0.2, -0.15) is 11.3 Å². The Hall–Kier alpha value is -2.45. The molecule has 3 rings (SSSR count). The molecule has 1 aliphatic carbocycles. The molecule has 6 nitrogen and oxygen atoms in total. The Kier molecular flexibility index (Phi) is 6.41. The van der Waals surface area contributed by atoms with Gasteiger partial charge in [0, 0.05) is 11.0 Å². The first-order valence-corrected chi connectivity index (χ1v) is 10.2. The zero-order valence-corrected chi connectivity index (χ0v) is 16.4. The number of hydrogen-bond donors (Lipinski definition) is 1. The normalized spacial score (nSPS) is 13.2. The Morgan fingerprint density at radius 2 is 2.07 bits per heavy atom. The van der Waals surface area contributed by atoms with Crippen LogP contribution >= 0.6 is 22.7 Å². The predicted octanol–water partition coefficient (Wildman–Crippen LogP) is 3.67. The van der Waals surface area contributed by atoms with Crippen LogP contribution in [0.25, 0.3) is 6.08 Å². The van der Waals surface area contributed by atoms with Crippen molar-refractivity contribution in [3.05, 3.63) is 44.5 Å². The third-order valence-corrected chi connectivity index (χ3v) is 6.02. The number of carbonyl (C=O) groups excluding carboxylic acids is 3. The average molecular weight is 405 g/mol. The number of carbonyl (C=O) groups is 3. The zero-order valence-electron chi connectivity index (χ0n) is 14.8. The van der Waals surface area contributed by atoms with Crippen molar-refractivity contribution in [2.24, 2.45) is 0 Å². The highest BCUT2D eigenvalue weighted by atomic mass is 32.1. The highest BCUT2D eigenvalue weighted by Crippen LogP contribution is 2.38. The molecule has 0 bridgehead atoms. The Morgan fingerprint density at radius 3 is 2.81 bits per heavy atom. The minimum absolute atomic E-state index is 0.421. The van der Waals surface area contributed by atoms with E-state index in [0.717, 1.165) is 41.7 Å². The fourth-order valence-electron chi connectivity index (χ4n) is 2.85. The van der Waals surface area contributed by atoms with Gasteiger partial charge in [0.05, 0.1) is 12.7 Å². The molecule has 0 aromatic carbocycles. The van der Waals surface area contributed by atoms with Gasteiger partial charge in [0.25, 0.3) is 5.91 Å². The number of ether oxygens (including phenoxy) is 2. The zero-order chi connectivity index (χ0) is 19.2. The predicted molar refractivity (Wildman–Crippen MR) is 105 cm³/mol. The summed E-state index contributed by atoms with van der Waals surface area (Å²) in [5.41, 5.74) is 2.28. The van der Waals surface area contributed by atoms with Crippen LogP contribution in [0.5, 0.6) is 0 Å². The first-order valence-electron chi connectivity index (χ1n) is 8.48. The summed E-state index contributed by atoms with van der Waals surface area (Å²) in [4.78, 5) is 37.1. The lowest BCUT2D eigenvalue weighted by atomic mass is 9.95. The molecule has 0 radical (unpaired) electrons. The van der Waals surface area contributed by atoms with Gasteiger partial charge in [0.15, 0.2) is 6.61 Å². The van der Waals surface area contributed by atoms with Crippen molar-refractivity contribution < 1.29 is 23.9 Å². The van der Waals surface area contributed by atoms with Gasteiger partial charge in [-0.3, -0.25) is 4.79 Å². The molecule has 0 spiro atoms. The van der Waals surface area contributed by atoms with E-state index in [0.29, 0.717) is 10.6 Å². The molecular weight excluding hydrogens is 386 g/mol. The van der Waals surface area contributed by atoms with Gasteiger partial charge in [-0.15, -0.1) is 11.3 Å². The van der Waals surface area contributed by atoms with Gasteiger partial charge < -0.3 is 14.8 Å². The lowest BCUT2D eigenvalue weighted by Crippen LogP contribution is -2.21. The number of methoxy groups -OCH3 is 1. The van der Waals surface area contributed by atoms with Crippen LogP contribution in [0, 0.1) is 0 Å². The molecule has 0 aliphatic heterocycles. The molecular formula is C19H19NO5S2. The Bertz CT molecular complexity index is 867. The van der Waals surface area contributed by atoms with Crippen molar-refractivity contribution >= 4 is 51.6 Å². The second kappa shape index (κ2) is 8.96. The molecule has 2 aromatic heterocycles. The monoisotopic (exact) mass is 405 g/mol. The molecule has 0 saturated carbocycles. The van der Waals surface area contributed by atoms with Gasteiger partial charge in [0.2, 0.25) is 0 Å². The van der Waals surface area contributed by atoms with Crippen molar-refractivity contribution in [2.45, 2.75) is 25.7 Å². The number of anilines is 1.